The predicted octanol–water partition coefficient (Wildman–Crippen LogP) is 4.12. The lowest BCUT2D eigenvalue weighted by molar-refractivity contribution is -0.138. The first-order valence-electron chi connectivity index (χ1n) is 10.2. The van der Waals surface area contributed by atoms with Crippen LogP contribution in [0, 0.1) is 17.6 Å². The van der Waals surface area contributed by atoms with E-state index >= 15 is 0 Å². The van der Waals surface area contributed by atoms with E-state index in [1.54, 1.807) is 11.3 Å². The zero-order chi connectivity index (χ0) is 21.1. The summed E-state index contributed by atoms with van der Waals surface area (Å²) in [5, 5.41) is 1.97. The molecule has 0 radical (unpaired) electrons. The smallest absolute Gasteiger partial charge is 0.246 e. The Hall–Kier alpha value is -2.54. The summed E-state index contributed by atoms with van der Waals surface area (Å²) in [6.45, 7) is 1.96. The van der Waals surface area contributed by atoms with Crippen molar-refractivity contribution in [2.75, 3.05) is 19.6 Å². The van der Waals surface area contributed by atoms with E-state index in [9.17, 15) is 18.4 Å². The minimum absolute atomic E-state index is 0.0610. The van der Waals surface area contributed by atoms with Crippen molar-refractivity contribution in [1.82, 2.24) is 9.80 Å². The third kappa shape index (κ3) is 4.61. The van der Waals surface area contributed by atoms with Gasteiger partial charge in [-0.2, -0.15) is 0 Å². The van der Waals surface area contributed by atoms with Crippen molar-refractivity contribution in [3.63, 3.8) is 0 Å². The van der Waals surface area contributed by atoms with Gasteiger partial charge >= 0.3 is 0 Å². The molecule has 0 unspecified atom stereocenters. The van der Waals surface area contributed by atoms with Crippen molar-refractivity contribution in [2.45, 2.75) is 31.7 Å². The summed E-state index contributed by atoms with van der Waals surface area (Å²) in [5.41, 5.74) is 0.0610. The number of amides is 2. The van der Waals surface area contributed by atoms with Crippen LogP contribution in [0.2, 0.25) is 0 Å². The minimum Gasteiger partial charge on any atom is -0.342 e. The van der Waals surface area contributed by atoms with E-state index in [2.05, 4.69) is 0 Å². The first-order valence-corrected chi connectivity index (χ1v) is 11.1. The summed E-state index contributed by atoms with van der Waals surface area (Å²) < 4.78 is 27.1. The molecule has 4 nitrogen and oxygen atoms in total. The Balaban J connectivity index is 1.39. The Kier molecular flexibility index (Phi) is 6.27. The van der Waals surface area contributed by atoms with Crippen LogP contribution < -0.4 is 0 Å². The molecule has 2 amide bonds. The number of hydrogen-bond donors (Lipinski definition) is 0. The van der Waals surface area contributed by atoms with Gasteiger partial charge in [-0.05, 0) is 60.9 Å². The highest BCUT2D eigenvalue weighted by atomic mass is 32.1. The molecule has 2 aliphatic rings. The first-order chi connectivity index (χ1) is 14.5. The maximum Gasteiger partial charge on any atom is 0.246 e. The third-order valence-corrected chi connectivity index (χ3v) is 6.85. The lowest BCUT2D eigenvalue weighted by Crippen LogP contribution is -2.56. The second-order valence-electron chi connectivity index (χ2n) is 7.89. The van der Waals surface area contributed by atoms with Crippen LogP contribution in [0.1, 0.15) is 29.7 Å². The highest BCUT2D eigenvalue weighted by Crippen LogP contribution is 2.31. The number of likely N-dealkylation sites (tertiary alicyclic amines) is 2. The molecule has 0 N–H and O–H groups in total. The molecule has 0 spiro atoms. The molecule has 2 fully saturated rings. The van der Waals surface area contributed by atoms with E-state index in [0.717, 1.165) is 42.3 Å². The van der Waals surface area contributed by atoms with Crippen LogP contribution in [0.15, 0.2) is 41.8 Å². The fraction of sp³-hybridized carbons (Fsp3) is 0.391. The van der Waals surface area contributed by atoms with Crippen LogP contribution in [-0.2, 0) is 16.0 Å². The fourth-order valence-corrected chi connectivity index (χ4v) is 5.17. The number of carbonyl (C=O) groups excluding carboxylic acids is 2. The minimum atomic E-state index is -0.561. The normalized spacial score (nSPS) is 21.7. The molecule has 2 aromatic rings. The molecule has 2 saturated heterocycles. The van der Waals surface area contributed by atoms with E-state index in [0.29, 0.717) is 26.1 Å². The van der Waals surface area contributed by atoms with E-state index < -0.39 is 11.6 Å². The van der Waals surface area contributed by atoms with Gasteiger partial charge < -0.3 is 9.80 Å². The molecule has 1 aromatic heterocycles. The number of rotatable bonds is 4. The van der Waals surface area contributed by atoms with Gasteiger partial charge in [0.05, 0.1) is 6.42 Å². The van der Waals surface area contributed by atoms with E-state index in [1.807, 2.05) is 27.3 Å². The van der Waals surface area contributed by atoms with Crippen molar-refractivity contribution in [2.24, 2.45) is 5.92 Å². The molecule has 2 atom stereocenters. The van der Waals surface area contributed by atoms with Crippen LogP contribution >= 0.6 is 11.3 Å². The van der Waals surface area contributed by atoms with E-state index in [1.165, 1.54) is 12.2 Å². The van der Waals surface area contributed by atoms with Crippen molar-refractivity contribution in [3.8, 4) is 0 Å². The Labute approximate surface area is 178 Å². The van der Waals surface area contributed by atoms with Crippen LogP contribution in [0.25, 0.3) is 6.08 Å². The van der Waals surface area contributed by atoms with Gasteiger partial charge in [0.1, 0.15) is 11.6 Å². The van der Waals surface area contributed by atoms with E-state index in [4.69, 9.17) is 0 Å². The summed E-state index contributed by atoms with van der Waals surface area (Å²) in [4.78, 5) is 30.3. The number of benzene rings is 1. The summed E-state index contributed by atoms with van der Waals surface area (Å²) >= 11 is 1.59. The van der Waals surface area contributed by atoms with Crippen molar-refractivity contribution in [3.05, 3.63) is 63.9 Å². The maximum absolute atomic E-state index is 13.8. The van der Waals surface area contributed by atoms with Gasteiger partial charge in [-0.25, -0.2) is 8.78 Å². The second kappa shape index (κ2) is 9.08. The SMILES string of the molecule is O=C(Cc1cccs1)N1CC[C@H]2[C@H](CCCN2C(=O)/C=C/c2cc(F)ccc2F)C1. The van der Waals surface area contributed by atoms with Crippen molar-refractivity contribution >= 4 is 29.2 Å². The molecule has 0 aliphatic carbocycles. The monoisotopic (exact) mass is 430 g/mol. The quantitative estimate of drug-likeness (QED) is 0.685. The standard InChI is InChI=1S/C23H24F2N2O2S/c24-18-6-7-20(25)16(13-18)5-8-22(28)27-10-1-3-17-15-26(11-9-21(17)27)23(29)14-19-4-2-12-30-19/h2,4-8,12-13,17,21H,1,3,9-11,14-15H2/b8-5+/t17-,21+/m1/s1. The van der Waals surface area contributed by atoms with Crippen LogP contribution in [0.5, 0.6) is 0 Å². The Bertz CT molecular complexity index is 945. The Morgan fingerprint density at radius 3 is 2.83 bits per heavy atom. The summed E-state index contributed by atoms with van der Waals surface area (Å²) in [7, 11) is 0. The molecule has 4 rings (SSSR count). The second-order valence-corrected chi connectivity index (χ2v) is 8.92. The average Bonchev–Trinajstić information content (AvgIpc) is 3.26. The first kappa shape index (κ1) is 20.7. The van der Waals surface area contributed by atoms with Gasteiger partial charge in [-0.15, -0.1) is 11.3 Å². The Morgan fingerprint density at radius 2 is 2.03 bits per heavy atom. The predicted molar refractivity (Wildman–Crippen MR) is 113 cm³/mol. The number of nitrogens with zero attached hydrogens (tertiary/aromatic N) is 2. The molecule has 7 heteroatoms. The maximum atomic E-state index is 13.8. The van der Waals surface area contributed by atoms with Crippen molar-refractivity contribution < 1.29 is 18.4 Å². The molecule has 30 heavy (non-hydrogen) atoms. The number of hydrogen-bond acceptors (Lipinski definition) is 3. The Morgan fingerprint density at radius 1 is 1.17 bits per heavy atom. The number of halogens is 2. The third-order valence-electron chi connectivity index (χ3n) is 5.97. The van der Waals surface area contributed by atoms with E-state index in [-0.39, 0.29) is 29.3 Å². The van der Waals surface area contributed by atoms with Gasteiger partial charge in [0.2, 0.25) is 11.8 Å². The molecule has 0 saturated carbocycles. The average molecular weight is 431 g/mol. The lowest BCUT2D eigenvalue weighted by atomic mass is 9.83. The zero-order valence-electron chi connectivity index (χ0n) is 16.6. The summed E-state index contributed by atoms with van der Waals surface area (Å²) in [6, 6.07) is 7.20. The van der Waals surface area contributed by atoms with Gasteiger partial charge in [-0.3, -0.25) is 9.59 Å². The van der Waals surface area contributed by atoms with Crippen LogP contribution in [-0.4, -0.2) is 47.3 Å². The highest BCUT2D eigenvalue weighted by Gasteiger charge is 2.38. The molecule has 2 aliphatic heterocycles. The molecule has 0 bridgehead atoms. The molecule has 158 valence electrons. The van der Waals surface area contributed by atoms with Gasteiger partial charge in [-0.1, -0.05) is 6.07 Å². The molecule has 3 heterocycles. The molecule has 1 aromatic carbocycles. The van der Waals surface area contributed by atoms with Gasteiger partial charge in [0.15, 0.2) is 0 Å². The highest BCUT2D eigenvalue weighted by molar-refractivity contribution is 7.10. The van der Waals surface area contributed by atoms with Crippen LogP contribution in [0.4, 0.5) is 8.78 Å². The summed E-state index contributed by atoms with van der Waals surface area (Å²) in [5.74, 6) is -0.897. The summed E-state index contributed by atoms with van der Waals surface area (Å²) in [6.07, 6.45) is 5.70. The fourth-order valence-electron chi connectivity index (χ4n) is 4.48. The number of carbonyl (C=O) groups is 2. The number of fused-ring (bicyclic) bond motifs is 1. The van der Waals surface area contributed by atoms with Gasteiger partial charge in [0.25, 0.3) is 0 Å². The molecular weight excluding hydrogens is 406 g/mol. The number of piperidine rings is 2. The van der Waals surface area contributed by atoms with Gasteiger partial charge in [0, 0.05) is 42.2 Å². The van der Waals surface area contributed by atoms with Crippen LogP contribution in [0.3, 0.4) is 0 Å². The zero-order valence-corrected chi connectivity index (χ0v) is 17.4. The largest absolute Gasteiger partial charge is 0.342 e. The molecular formula is C23H24F2N2O2S. The lowest BCUT2D eigenvalue weighted by Gasteiger charge is -2.47. The van der Waals surface area contributed by atoms with Crippen molar-refractivity contribution in [1.29, 1.82) is 0 Å². The topological polar surface area (TPSA) is 40.6 Å². The number of thiophene rings is 1.